The Bertz CT molecular complexity index is 482. The fraction of sp³-hybridized carbons (Fsp3) is 0.333. The van der Waals surface area contributed by atoms with Crippen LogP contribution in [0.5, 0.6) is 0 Å². The van der Waals surface area contributed by atoms with Crippen LogP contribution in [0.1, 0.15) is 30.3 Å². The van der Waals surface area contributed by atoms with Gasteiger partial charge in [-0.25, -0.2) is 0 Å². The third kappa shape index (κ3) is 2.76. The Hall–Kier alpha value is -1.12. The summed E-state index contributed by atoms with van der Waals surface area (Å²) in [6.07, 6.45) is 0. The number of nitrogens with two attached hydrogens (primary N) is 1. The zero-order chi connectivity index (χ0) is 12.4. The van der Waals surface area contributed by atoms with E-state index in [-0.39, 0.29) is 6.04 Å². The zero-order valence-electron chi connectivity index (χ0n) is 10.6. The van der Waals surface area contributed by atoms with Crippen LogP contribution in [-0.2, 0) is 0 Å². The van der Waals surface area contributed by atoms with Crippen LogP contribution < -0.4 is 5.73 Å². The number of thiophene rings is 1. The highest BCUT2D eigenvalue weighted by Gasteiger charge is 2.13. The van der Waals surface area contributed by atoms with E-state index < -0.39 is 0 Å². The van der Waals surface area contributed by atoms with Gasteiger partial charge in [0.05, 0.1) is 0 Å². The first-order valence-corrected chi connectivity index (χ1v) is 6.82. The summed E-state index contributed by atoms with van der Waals surface area (Å²) in [7, 11) is 0. The molecule has 1 nitrogen and oxygen atoms in total. The monoisotopic (exact) mass is 245 g/mol. The summed E-state index contributed by atoms with van der Waals surface area (Å²) in [5, 5.41) is 0. The quantitative estimate of drug-likeness (QED) is 0.853. The lowest BCUT2D eigenvalue weighted by atomic mass is 10.0. The van der Waals surface area contributed by atoms with E-state index in [0.29, 0.717) is 5.92 Å². The molecule has 2 N–H and O–H groups in total. The zero-order valence-corrected chi connectivity index (χ0v) is 11.4. The molecule has 0 fully saturated rings. The smallest absolute Gasteiger partial charge is 0.0413 e. The van der Waals surface area contributed by atoms with Crippen LogP contribution in [-0.4, -0.2) is 0 Å². The maximum Gasteiger partial charge on any atom is 0.0413 e. The topological polar surface area (TPSA) is 26.0 Å². The lowest BCUT2D eigenvalue weighted by Gasteiger charge is -2.12. The predicted molar refractivity (Wildman–Crippen MR) is 76.3 cm³/mol. The van der Waals surface area contributed by atoms with Gasteiger partial charge in [0.1, 0.15) is 0 Å². The van der Waals surface area contributed by atoms with Gasteiger partial charge in [-0.05, 0) is 30.5 Å². The van der Waals surface area contributed by atoms with E-state index in [1.54, 1.807) is 11.3 Å². The van der Waals surface area contributed by atoms with Crippen molar-refractivity contribution in [3.63, 3.8) is 0 Å². The molecule has 1 heterocycles. The number of rotatable bonds is 3. The summed E-state index contributed by atoms with van der Waals surface area (Å²) in [5.41, 5.74) is 8.74. The Labute approximate surface area is 107 Å². The van der Waals surface area contributed by atoms with Crippen molar-refractivity contribution in [1.29, 1.82) is 0 Å². The highest BCUT2D eigenvalue weighted by atomic mass is 32.1. The van der Waals surface area contributed by atoms with Gasteiger partial charge in [-0.1, -0.05) is 43.7 Å². The van der Waals surface area contributed by atoms with E-state index in [1.165, 1.54) is 20.9 Å². The van der Waals surface area contributed by atoms with Gasteiger partial charge < -0.3 is 5.73 Å². The van der Waals surface area contributed by atoms with E-state index in [4.69, 9.17) is 5.73 Å². The summed E-state index contributed by atoms with van der Waals surface area (Å²) in [6.45, 7) is 6.43. The Morgan fingerprint density at radius 1 is 1.00 bits per heavy atom. The van der Waals surface area contributed by atoms with Crippen LogP contribution in [0.25, 0.3) is 10.4 Å². The highest BCUT2D eigenvalue weighted by Crippen LogP contribution is 2.32. The summed E-state index contributed by atoms with van der Waals surface area (Å²) in [4.78, 5) is 2.58. The summed E-state index contributed by atoms with van der Waals surface area (Å²) < 4.78 is 0. The fourth-order valence-corrected chi connectivity index (χ4v) is 2.92. The van der Waals surface area contributed by atoms with Crippen LogP contribution in [0.3, 0.4) is 0 Å². The standard InChI is InChI=1S/C15H19NS/c1-10(2)15(16)14-9-8-13(17-14)12-6-4-11(3)5-7-12/h4-10,15H,16H2,1-3H3. The second-order valence-corrected chi connectivity index (χ2v) is 5.95. The summed E-state index contributed by atoms with van der Waals surface area (Å²) in [6, 6.07) is 13.1. The van der Waals surface area contributed by atoms with Crippen molar-refractivity contribution in [2.45, 2.75) is 26.8 Å². The molecule has 0 saturated carbocycles. The first kappa shape index (κ1) is 12.3. The summed E-state index contributed by atoms with van der Waals surface area (Å²) in [5.74, 6) is 0.486. The molecule has 2 aromatic rings. The van der Waals surface area contributed by atoms with Crippen molar-refractivity contribution in [2.75, 3.05) is 0 Å². The maximum atomic E-state index is 6.16. The van der Waals surface area contributed by atoms with Crippen molar-refractivity contribution in [3.8, 4) is 10.4 Å². The normalized spacial score (nSPS) is 13.0. The van der Waals surface area contributed by atoms with Gasteiger partial charge in [-0.2, -0.15) is 0 Å². The lowest BCUT2D eigenvalue weighted by Crippen LogP contribution is -2.14. The average molecular weight is 245 g/mol. The van der Waals surface area contributed by atoms with Crippen molar-refractivity contribution >= 4 is 11.3 Å². The molecular weight excluding hydrogens is 226 g/mol. The van der Waals surface area contributed by atoms with Crippen molar-refractivity contribution in [2.24, 2.45) is 11.7 Å². The molecule has 1 aromatic heterocycles. The molecular formula is C15H19NS. The van der Waals surface area contributed by atoms with Gasteiger partial charge in [-0.3, -0.25) is 0 Å². The third-order valence-electron chi connectivity index (χ3n) is 3.01. The third-order valence-corrected chi connectivity index (χ3v) is 4.25. The minimum Gasteiger partial charge on any atom is -0.323 e. The Morgan fingerprint density at radius 3 is 2.24 bits per heavy atom. The SMILES string of the molecule is Cc1ccc(-c2ccc(C(N)C(C)C)s2)cc1. The Balaban J connectivity index is 2.26. The molecule has 90 valence electrons. The fourth-order valence-electron chi connectivity index (χ4n) is 1.73. The van der Waals surface area contributed by atoms with Crippen LogP contribution in [0.15, 0.2) is 36.4 Å². The Kier molecular flexibility index (Phi) is 3.65. The molecule has 0 radical (unpaired) electrons. The molecule has 0 amide bonds. The van der Waals surface area contributed by atoms with E-state index >= 15 is 0 Å². The predicted octanol–water partition coefficient (Wildman–Crippen LogP) is 4.38. The van der Waals surface area contributed by atoms with Crippen LogP contribution in [0, 0.1) is 12.8 Å². The van der Waals surface area contributed by atoms with Gasteiger partial charge in [-0.15, -0.1) is 11.3 Å². The van der Waals surface area contributed by atoms with Crippen LogP contribution in [0.4, 0.5) is 0 Å². The maximum absolute atomic E-state index is 6.16. The average Bonchev–Trinajstić information content (AvgIpc) is 2.78. The van der Waals surface area contributed by atoms with Crippen molar-refractivity contribution in [1.82, 2.24) is 0 Å². The second kappa shape index (κ2) is 5.03. The van der Waals surface area contributed by atoms with Gasteiger partial charge in [0, 0.05) is 15.8 Å². The molecule has 0 aliphatic heterocycles. The number of benzene rings is 1. The van der Waals surface area contributed by atoms with E-state index in [2.05, 4.69) is 57.2 Å². The minimum atomic E-state index is 0.152. The van der Waals surface area contributed by atoms with Gasteiger partial charge in [0.2, 0.25) is 0 Å². The van der Waals surface area contributed by atoms with E-state index in [0.717, 1.165) is 0 Å². The number of aryl methyl sites for hydroxylation is 1. The molecule has 1 atom stereocenters. The second-order valence-electron chi connectivity index (χ2n) is 4.84. The van der Waals surface area contributed by atoms with Crippen LogP contribution in [0.2, 0.25) is 0 Å². The lowest BCUT2D eigenvalue weighted by molar-refractivity contribution is 0.521. The largest absolute Gasteiger partial charge is 0.323 e. The van der Waals surface area contributed by atoms with E-state index in [1.807, 2.05) is 0 Å². The number of hydrogen-bond acceptors (Lipinski definition) is 2. The summed E-state index contributed by atoms with van der Waals surface area (Å²) >= 11 is 1.80. The van der Waals surface area contributed by atoms with Crippen molar-refractivity contribution in [3.05, 3.63) is 46.8 Å². The van der Waals surface area contributed by atoms with Crippen LogP contribution >= 0.6 is 11.3 Å². The molecule has 0 aliphatic rings. The van der Waals surface area contributed by atoms with Gasteiger partial charge >= 0.3 is 0 Å². The molecule has 2 heteroatoms. The minimum absolute atomic E-state index is 0.152. The molecule has 1 unspecified atom stereocenters. The first-order valence-electron chi connectivity index (χ1n) is 6.00. The first-order chi connectivity index (χ1) is 8.08. The molecule has 0 spiro atoms. The molecule has 2 rings (SSSR count). The number of hydrogen-bond donors (Lipinski definition) is 1. The van der Waals surface area contributed by atoms with Gasteiger partial charge in [0.15, 0.2) is 0 Å². The van der Waals surface area contributed by atoms with Gasteiger partial charge in [0.25, 0.3) is 0 Å². The van der Waals surface area contributed by atoms with Crippen molar-refractivity contribution < 1.29 is 0 Å². The molecule has 17 heavy (non-hydrogen) atoms. The Morgan fingerprint density at radius 2 is 1.65 bits per heavy atom. The molecule has 0 saturated heterocycles. The molecule has 0 aliphatic carbocycles. The van der Waals surface area contributed by atoms with E-state index in [9.17, 15) is 0 Å². The molecule has 1 aromatic carbocycles. The highest BCUT2D eigenvalue weighted by molar-refractivity contribution is 7.15. The molecule has 0 bridgehead atoms.